The molecular weight excluding hydrogens is 878 g/mol. The van der Waals surface area contributed by atoms with Crippen LogP contribution in [0.5, 0.6) is 11.6 Å². The molecule has 0 saturated carbocycles. The summed E-state index contributed by atoms with van der Waals surface area (Å²) < 4.78 is 8.78. The zero-order chi connectivity index (χ0) is 37.0. The molecule has 0 unspecified atom stereocenters. The minimum Gasteiger partial charge on any atom is -0.466 e. The molecule has 0 atom stereocenters. The Morgan fingerprint density at radius 1 is 0.491 bits per heavy atom. The zero-order valence-corrected chi connectivity index (χ0v) is 32.7. The predicted molar refractivity (Wildman–Crippen MR) is 228 cm³/mol. The van der Waals surface area contributed by atoms with Crippen molar-refractivity contribution in [2.75, 3.05) is 0 Å². The quantitative estimate of drug-likeness (QED) is 0.165. The second kappa shape index (κ2) is 14.3. The second-order valence-corrected chi connectivity index (χ2v) is 14.0. The molecule has 0 radical (unpaired) electrons. The number of nitrogens with zero attached hydrogens (tertiary/aromatic N) is 3. The van der Waals surface area contributed by atoms with Gasteiger partial charge in [0.15, 0.2) is 0 Å². The van der Waals surface area contributed by atoms with Crippen LogP contribution in [0, 0.1) is 12.1 Å². The van der Waals surface area contributed by atoms with Gasteiger partial charge in [-0.25, -0.2) is 4.99 Å². The summed E-state index contributed by atoms with van der Waals surface area (Å²) >= 11 is 0. The van der Waals surface area contributed by atoms with E-state index in [1.54, 1.807) is 0 Å². The first-order chi connectivity index (χ1) is 27.8. The fourth-order valence-corrected chi connectivity index (χ4v) is 8.17. The smallest absolute Gasteiger partial charge is 0.466 e. The van der Waals surface area contributed by atoms with Gasteiger partial charge in [0.05, 0.1) is 0 Å². The molecule has 0 saturated heterocycles. The van der Waals surface area contributed by atoms with Crippen LogP contribution in [-0.4, -0.2) is 15.8 Å². The Balaban J connectivity index is 0.00000396. The van der Waals surface area contributed by atoms with Crippen LogP contribution in [0.15, 0.2) is 181 Å². The molecule has 9 aromatic rings. The average Bonchev–Trinajstić information content (AvgIpc) is 3.57. The zero-order valence-electron chi connectivity index (χ0n) is 30.5. The van der Waals surface area contributed by atoms with Crippen LogP contribution in [0.3, 0.4) is 0 Å². The standard InChI is InChI=1S/C52H31N3O.Pt/c1-5-18-39-34(14-1)30-47(44-23-10-9-22-43(44)42-21-8-7-20-41(39)42)48-25-13-27-52(54-48)56-37-28-29-46-45-24-11-12-26-49(45)55(50(46)32-37)51-31-35-15-2-4-17-38(35)40-19-6-3-16-36(40)33-53-51;/h1-29,31,33H;/q-2;+2/b35-31?,36-33?,40-38?,41-39?,43-42?,47-44?,51-31+,53-33-,53-51?;. The molecule has 4 nitrogen and oxygen atoms in total. The number of hydrogen-bond acceptors (Lipinski definition) is 3. The van der Waals surface area contributed by atoms with Crippen LogP contribution < -0.4 is 4.74 Å². The minimum atomic E-state index is 0. The van der Waals surface area contributed by atoms with E-state index < -0.39 is 0 Å². The van der Waals surface area contributed by atoms with E-state index in [-0.39, 0.29) is 21.1 Å². The summed E-state index contributed by atoms with van der Waals surface area (Å²) in [6.07, 6.45) is 7.90. The number of fused-ring (bicyclic) bond motifs is 11. The molecule has 0 spiro atoms. The number of rotatable bonds is 4. The first-order valence-corrected chi connectivity index (χ1v) is 18.7. The van der Waals surface area contributed by atoms with Crippen LogP contribution in [0.2, 0.25) is 0 Å². The van der Waals surface area contributed by atoms with Crippen molar-refractivity contribution in [1.29, 1.82) is 0 Å². The summed E-state index contributed by atoms with van der Waals surface area (Å²) in [5, 5.41) is 2.18. The monoisotopic (exact) mass is 908 g/mol. The fraction of sp³-hybridized carbons (Fsp3) is 0. The van der Waals surface area contributed by atoms with Gasteiger partial charge in [0, 0.05) is 28.7 Å². The molecule has 2 aliphatic rings. The van der Waals surface area contributed by atoms with Crippen molar-refractivity contribution in [3.8, 4) is 45.0 Å². The van der Waals surface area contributed by atoms with Gasteiger partial charge >= 0.3 is 21.1 Å². The van der Waals surface area contributed by atoms with Crippen molar-refractivity contribution in [1.82, 2.24) is 9.55 Å². The van der Waals surface area contributed by atoms with Gasteiger partial charge in [-0.15, -0.1) is 35.2 Å². The molecule has 0 amide bonds. The van der Waals surface area contributed by atoms with Crippen molar-refractivity contribution in [2.45, 2.75) is 0 Å². The molecule has 11 rings (SSSR count). The number of aliphatic imine (C=N–C) groups is 1. The molecule has 1 aliphatic carbocycles. The maximum atomic E-state index is 6.59. The van der Waals surface area contributed by atoms with Crippen molar-refractivity contribution in [3.63, 3.8) is 0 Å². The average molecular weight is 909 g/mol. The number of ether oxygens (including phenoxy) is 1. The van der Waals surface area contributed by atoms with E-state index in [0.29, 0.717) is 11.6 Å². The molecule has 0 N–H and O–H groups in total. The van der Waals surface area contributed by atoms with Crippen LogP contribution in [0.4, 0.5) is 0 Å². The van der Waals surface area contributed by atoms with Crippen molar-refractivity contribution in [3.05, 3.63) is 216 Å². The van der Waals surface area contributed by atoms with Gasteiger partial charge in [-0.05, 0) is 57.0 Å². The normalized spacial score (nSPS) is 14.0. The van der Waals surface area contributed by atoms with E-state index in [9.17, 15) is 0 Å². The Morgan fingerprint density at radius 3 is 1.91 bits per heavy atom. The summed E-state index contributed by atoms with van der Waals surface area (Å²) in [6, 6.07) is 64.5. The van der Waals surface area contributed by atoms with E-state index in [0.717, 1.165) is 77.8 Å². The van der Waals surface area contributed by atoms with E-state index in [1.165, 1.54) is 16.7 Å². The number of pyridine rings is 1. The Bertz CT molecular complexity index is 3130. The van der Waals surface area contributed by atoms with Crippen molar-refractivity contribution >= 4 is 45.5 Å². The van der Waals surface area contributed by atoms with Crippen LogP contribution in [0.25, 0.3) is 72.7 Å². The molecule has 3 heterocycles. The van der Waals surface area contributed by atoms with Crippen molar-refractivity contribution < 1.29 is 25.8 Å². The van der Waals surface area contributed by atoms with Gasteiger partial charge in [0.2, 0.25) is 5.88 Å². The molecule has 0 bridgehead atoms. The SMILES string of the molecule is [C-]1=C(c2cccc(Oc3[c-]c4c(cc3)c3ccccc3n4C3=C/c4ccccc4-c4ccccc4/C=N\3)n2)c2ccccc2-c2ccccc2-c2ccccc21.[Pt+2]. The van der Waals surface area contributed by atoms with Crippen molar-refractivity contribution in [2.24, 2.45) is 4.99 Å². The summed E-state index contributed by atoms with van der Waals surface area (Å²) in [4.78, 5) is 10.2. The third-order valence-corrected chi connectivity index (χ3v) is 10.7. The summed E-state index contributed by atoms with van der Waals surface area (Å²) in [7, 11) is 0. The Kier molecular flexibility index (Phi) is 8.70. The summed E-state index contributed by atoms with van der Waals surface area (Å²) in [5.74, 6) is 1.82. The maximum absolute atomic E-state index is 6.59. The summed E-state index contributed by atoms with van der Waals surface area (Å²) in [5.41, 5.74) is 14.8. The molecule has 57 heavy (non-hydrogen) atoms. The molecule has 1 aliphatic heterocycles. The fourth-order valence-electron chi connectivity index (χ4n) is 8.17. The van der Waals surface area contributed by atoms with Gasteiger partial charge in [-0.2, -0.15) is 6.07 Å². The van der Waals surface area contributed by atoms with Gasteiger partial charge in [-0.3, -0.25) is 4.98 Å². The largest absolute Gasteiger partial charge is 2.00 e. The van der Waals surface area contributed by atoms with E-state index >= 15 is 0 Å². The van der Waals surface area contributed by atoms with E-state index in [1.807, 2.05) is 30.5 Å². The number of benzene rings is 7. The first kappa shape index (κ1) is 34.6. The third-order valence-electron chi connectivity index (χ3n) is 10.7. The third kappa shape index (κ3) is 5.98. The molecular formula is C52H31N3OPt. The molecule has 270 valence electrons. The van der Waals surface area contributed by atoms with Gasteiger partial charge in [0.25, 0.3) is 0 Å². The van der Waals surface area contributed by atoms with E-state index in [2.05, 4.69) is 174 Å². The topological polar surface area (TPSA) is 39.4 Å². The number of hydrogen-bond donors (Lipinski definition) is 0. The molecule has 0 fully saturated rings. The predicted octanol–water partition coefficient (Wildman–Crippen LogP) is 12.8. The van der Waals surface area contributed by atoms with Gasteiger partial charge in [0.1, 0.15) is 5.82 Å². The van der Waals surface area contributed by atoms with Gasteiger partial charge in [-0.1, -0.05) is 168 Å². The Hall–Kier alpha value is -6.87. The molecule has 2 aromatic heterocycles. The minimum absolute atomic E-state index is 0. The first-order valence-electron chi connectivity index (χ1n) is 18.7. The molecule has 7 aromatic carbocycles. The van der Waals surface area contributed by atoms with Gasteiger partial charge < -0.3 is 9.30 Å². The Labute approximate surface area is 345 Å². The number of para-hydroxylation sites is 1. The van der Waals surface area contributed by atoms with E-state index in [4.69, 9.17) is 14.7 Å². The van der Waals surface area contributed by atoms with Crippen LogP contribution in [0.1, 0.15) is 27.9 Å². The summed E-state index contributed by atoms with van der Waals surface area (Å²) in [6.45, 7) is 0. The second-order valence-electron chi connectivity index (χ2n) is 14.0. The van der Waals surface area contributed by atoms with Crippen LogP contribution >= 0.6 is 0 Å². The maximum Gasteiger partial charge on any atom is 2.00 e. The number of aromatic nitrogens is 2. The molecule has 5 heteroatoms. The van der Waals surface area contributed by atoms with Crippen LogP contribution in [-0.2, 0) is 21.1 Å². The Morgan fingerprint density at radius 2 is 1.11 bits per heavy atom.